The first-order valence-corrected chi connectivity index (χ1v) is 11.0. The van der Waals surface area contributed by atoms with E-state index >= 15 is 0 Å². The van der Waals surface area contributed by atoms with Gasteiger partial charge in [-0.25, -0.2) is 4.39 Å². The number of carbonyl (C=O) groups is 2. The number of amides is 2. The van der Waals surface area contributed by atoms with Crippen molar-refractivity contribution in [3.05, 3.63) is 69.4 Å². The number of nitrogens with one attached hydrogen (secondary N) is 1. The van der Waals surface area contributed by atoms with Crippen molar-refractivity contribution in [2.24, 2.45) is 0 Å². The minimum absolute atomic E-state index is 0. The van der Waals surface area contributed by atoms with Crippen molar-refractivity contribution in [3.63, 3.8) is 0 Å². The molecule has 0 unspecified atom stereocenters. The molecular weight excluding hydrogens is 466 g/mol. The second-order valence-electron chi connectivity index (χ2n) is 8.14. The van der Waals surface area contributed by atoms with Crippen molar-refractivity contribution in [2.75, 3.05) is 26.2 Å². The van der Waals surface area contributed by atoms with Crippen LogP contribution in [-0.4, -0.2) is 57.6 Å². The largest absolute Gasteiger partial charge is 1.00 e. The van der Waals surface area contributed by atoms with Crippen molar-refractivity contribution in [1.82, 2.24) is 19.8 Å². The van der Waals surface area contributed by atoms with Crippen LogP contribution in [0.1, 0.15) is 34.3 Å². The molecule has 1 aliphatic rings. The molecule has 35 heavy (non-hydrogen) atoms. The normalized spacial score (nSPS) is 13.2. The van der Waals surface area contributed by atoms with E-state index in [9.17, 15) is 23.9 Å². The van der Waals surface area contributed by atoms with Crippen LogP contribution in [0.4, 0.5) is 4.39 Å². The Hall–Kier alpha value is -2.79. The molecule has 0 atom stereocenters. The summed E-state index contributed by atoms with van der Waals surface area (Å²) in [5.74, 6) is -2.03. The Morgan fingerprint density at radius 3 is 2.57 bits per heavy atom. The van der Waals surface area contributed by atoms with E-state index in [1.54, 1.807) is 23.1 Å². The summed E-state index contributed by atoms with van der Waals surface area (Å²) in [5, 5.41) is 24.3. The number of aliphatic hydroxyl groups is 1. The van der Waals surface area contributed by atoms with Gasteiger partial charge in [0.05, 0.1) is 23.2 Å². The average molecular weight is 490 g/mol. The van der Waals surface area contributed by atoms with Crippen LogP contribution in [0.5, 0.6) is 5.75 Å². The van der Waals surface area contributed by atoms with Gasteiger partial charge in [-0.15, -0.1) is 0 Å². The number of pyridine rings is 2. The molecule has 0 saturated carbocycles. The number of halogens is 1. The Balaban J connectivity index is 0.00000342. The number of aromatic nitrogens is 2. The van der Waals surface area contributed by atoms with Crippen LogP contribution in [0.15, 0.2) is 41.3 Å². The SMILES string of the molecule is O=C(NCCO)c1c([O-])c2ncc(Cc3ccc(F)cc3)cc2n(CCN2CCCC2=O)c1=O.[Na+]. The van der Waals surface area contributed by atoms with Crippen LogP contribution < -0.4 is 45.5 Å². The molecule has 1 fully saturated rings. The first-order valence-electron chi connectivity index (χ1n) is 11.0. The van der Waals surface area contributed by atoms with Gasteiger partial charge in [0.1, 0.15) is 5.82 Å². The summed E-state index contributed by atoms with van der Waals surface area (Å²) in [6.07, 6.45) is 3.08. The number of hydrogen-bond acceptors (Lipinski definition) is 6. The summed E-state index contributed by atoms with van der Waals surface area (Å²) in [4.78, 5) is 43.7. The molecule has 3 heterocycles. The van der Waals surface area contributed by atoms with E-state index in [1.165, 1.54) is 22.9 Å². The molecule has 1 aliphatic heterocycles. The molecule has 2 aromatic heterocycles. The average Bonchev–Trinajstić information content (AvgIpc) is 3.23. The predicted octanol–water partition coefficient (Wildman–Crippen LogP) is -2.45. The van der Waals surface area contributed by atoms with E-state index in [0.29, 0.717) is 24.9 Å². The van der Waals surface area contributed by atoms with Gasteiger partial charge < -0.3 is 25.0 Å². The van der Waals surface area contributed by atoms with Crippen LogP contribution in [0.25, 0.3) is 11.0 Å². The summed E-state index contributed by atoms with van der Waals surface area (Å²) in [6, 6.07) is 7.63. The van der Waals surface area contributed by atoms with Crippen LogP contribution in [-0.2, 0) is 17.8 Å². The molecule has 3 aromatic rings. The predicted molar refractivity (Wildman–Crippen MR) is 120 cm³/mol. The van der Waals surface area contributed by atoms with Crippen molar-refractivity contribution in [3.8, 4) is 5.75 Å². The molecule has 9 nitrogen and oxygen atoms in total. The Labute approximate surface area is 222 Å². The van der Waals surface area contributed by atoms with Gasteiger partial charge in [0.15, 0.2) is 0 Å². The van der Waals surface area contributed by atoms with E-state index in [0.717, 1.165) is 12.0 Å². The van der Waals surface area contributed by atoms with E-state index in [2.05, 4.69) is 10.3 Å². The van der Waals surface area contributed by atoms with Gasteiger partial charge in [0, 0.05) is 38.8 Å². The van der Waals surface area contributed by atoms with Crippen molar-refractivity contribution in [2.45, 2.75) is 25.8 Å². The number of likely N-dealkylation sites (tertiary alicyclic amines) is 1. The number of fused-ring (bicyclic) bond motifs is 1. The maximum atomic E-state index is 13.3. The quantitative estimate of drug-likeness (QED) is 0.338. The van der Waals surface area contributed by atoms with E-state index in [4.69, 9.17) is 5.11 Å². The van der Waals surface area contributed by atoms with E-state index in [1.807, 2.05) is 0 Å². The number of carbonyl (C=O) groups excluding carboxylic acids is 2. The fraction of sp³-hybridized carbons (Fsp3) is 0.333. The molecule has 0 spiro atoms. The Morgan fingerprint density at radius 2 is 1.91 bits per heavy atom. The third kappa shape index (κ3) is 5.90. The van der Waals surface area contributed by atoms with Gasteiger partial charge in [-0.1, -0.05) is 17.9 Å². The van der Waals surface area contributed by atoms with Gasteiger partial charge in [-0.2, -0.15) is 0 Å². The van der Waals surface area contributed by atoms with Crippen molar-refractivity contribution >= 4 is 22.8 Å². The Morgan fingerprint density at radius 1 is 1.17 bits per heavy atom. The minimum Gasteiger partial charge on any atom is -0.870 e. The molecule has 2 N–H and O–H groups in total. The molecule has 1 aromatic carbocycles. The Kier molecular flexibility index (Phi) is 9.01. The molecular formula is C24H24FN4NaO5. The first-order chi connectivity index (χ1) is 16.4. The number of nitrogens with zero attached hydrogens (tertiary/aromatic N) is 3. The second-order valence-corrected chi connectivity index (χ2v) is 8.14. The van der Waals surface area contributed by atoms with Crippen LogP contribution >= 0.6 is 0 Å². The van der Waals surface area contributed by atoms with Gasteiger partial charge >= 0.3 is 29.6 Å². The Bertz CT molecular complexity index is 1300. The molecule has 1 saturated heterocycles. The number of hydrogen-bond donors (Lipinski definition) is 2. The summed E-state index contributed by atoms with van der Waals surface area (Å²) >= 11 is 0. The molecule has 0 aliphatic carbocycles. The van der Waals surface area contributed by atoms with Crippen molar-refractivity contribution < 1.29 is 53.7 Å². The molecule has 11 heteroatoms. The van der Waals surface area contributed by atoms with Gasteiger partial charge in [-0.3, -0.25) is 19.4 Å². The number of benzene rings is 1. The molecule has 2 amide bonds. The van der Waals surface area contributed by atoms with Gasteiger partial charge in [0.2, 0.25) is 5.91 Å². The molecule has 0 bridgehead atoms. The summed E-state index contributed by atoms with van der Waals surface area (Å²) in [6.45, 7) is 0.476. The second kappa shape index (κ2) is 11.8. The topological polar surface area (TPSA) is 128 Å². The minimum atomic E-state index is -0.880. The zero-order valence-corrected chi connectivity index (χ0v) is 21.4. The van der Waals surface area contributed by atoms with Gasteiger partial charge in [-0.05, 0) is 42.2 Å². The first kappa shape index (κ1) is 26.8. The molecule has 0 radical (unpaired) electrons. The maximum absolute atomic E-state index is 13.3. The summed E-state index contributed by atoms with van der Waals surface area (Å²) in [5.41, 5.74) is 0.389. The van der Waals surface area contributed by atoms with Crippen molar-refractivity contribution in [1.29, 1.82) is 0 Å². The van der Waals surface area contributed by atoms with Crippen LogP contribution in [0.2, 0.25) is 0 Å². The third-order valence-electron chi connectivity index (χ3n) is 5.83. The maximum Gasteiger partial charge on any atom is 1.00 e. The van der Waals surface area contributed by atoms with E-state index in [-0.39, 0.29) is 78.6 Å². The standard InChI is InChI=1S/C24H25FN4O5.Na/c25-17-5-3-15(4-6-17)12-16-13-18-21(27-14-16)22(32)20(23(33)26-7-11-30)24(34)29(18)10-9-28-8-1-2-19(28)31;/h3-6,13-14,30,32H,1-2,7-12H2,(H,26,33);/q;+1/p-1. The smallest absolute Gasteiger partial charge is 0.870 e. The molecule has 4 rings (SSSR count). The fourth-order valence-electron chi connectivity index (χ4n) is 4.11. The van der Waals surface area contributed by atoms with E-state index < -0.39 is 22.8 Å². The fourth-order valence-corrected chi connectivity index (χ4v) is 4.11. The zero-order valence-electron chi connectivity index (χ0n) is 19.4. The summed E-state index contributed by atoms with van der Waals surface area (Å²) in [7, 11) is 0. The van der Waals surface area contributed by atoms with Crippen LogP contribution in [0, 0.1) is 5.82 Å². The van der Waals surface area contributed by atoms with Crippen LogP contribution in [0.3, 0.4) is 0 Å². The molecule has 178 valence electrons. The summed E-state index contributed by atoms with van der Waals surface area (Å²) < 4.78 is 14.5. The zero-order chi connectivity index (χ0) is 24.2. The number of aliphatic hydroxyl groups excluding tert-OH is 1. The van der Waals surface area contributed by atoms with Gasteiger partial charge in [0.25, 0.3) is 11.5 Å². The third-order valence-corrected chi connectivity index (χ3v) is 5.83. The number of rotatable bonds is 8. The monoisotopic (exact) mass is 490 g/mol.